The second-order valence-corrected chi connectivity index (χ2v) is 6.72. The van der Waals surface area contributed by atoms with Crippen LogP contribution in [0.2, 0.25) is 0 Å². The summed E-state index contributed by atoms with van der Waals surface area (Å²) in [7, 11) is 1.66. The van der Waals surface area contributed by atoms with E-state index in [0.717, 1.165) is 28.8 Å². The summed E-state index contributed by atoms with van der Waals surface area (Å²) in [6, 6.07) is 11.9. The van der Waals surface area contributed by atoms with Gasteiger partial charge in [-0.1, -0.05) is 12.1 Å². The second-order valence-electron chi connectivity index (χ2n) is 5.87. The fourth-order valence-corrected chi connectivity index (χ4v) is 3.13. The average molecular weight is 437 g/mol. The van der Waals surface area contributed by atoms with Gasteiger partial charge >= 0.3 is 0 Å². The van der Waals surface area contributed by atoms with Crippen molar-refractivity contribution in [2.45, 2.75) is 19.9 Å². The van der Waals surface area contributed by atoms with Crippen LogP contribution in [-0.4, -0.2) is 32.8 Å². The van der Waals surface area contributed by atoms with E-state index < -0.39 is 5.91 Å². The van der Waals surface area contributed by atoms with Crippen LogP contribution in [0.5, 0.6) is 17.2 Å². The monoisotopic (exact) mass is 436 g/mol. The highest BCUT2D eigenvalue weighted by Gasteiger charge is 2.13. The molecule has 0 aromatic heterocycles. The number of benzene rings is 2. The Morgan fingerprint density at radius 3 is 2.52 bits per heavy atom. The Bertz CT molecular complexity index is 750. The van der Waals surface area contributed by atoms with Crippen molar-refractivity contribution in [3.05, 3.63) is 52.0 Å². The van der Waals surface area contributed by atoms with Gasteiger partial charge in [0.05, 0.1) is 18.2 Å². The van der Waals surface area contributed by atoms with Crippen LogP contribution >= 0.6 is 15.9 Å². The molecule has 0 bridgehead atoms. The van der Waals surface area contributed by atoms with Gasteiger partial charge in [0.1, 0.15) is 5.75 Å². The molecule has 7 heteroatoms. The summed E-state index contributed by atoms with van der Waals surface area (Å²) >= 11 is 3.48. The summed E-state index contributed by atoms with van der Waals surface area (Å²) in [4.78, 5) is 11.0. The van der Waals surface area contributed by atoms with E-state index in [1.807, 2.05) is 31.2 Å². The number of nitrogens with two attached hydrogens (primary N) is 1. The van der Waals surface area contributed by atoms with Crippen LogP contribution in [-0.2, 0) is 17.8 Å². The van der Waals surface area contributed by atoms with Crippen molar-refractivity contribution < 1.29 is 19.0 Å². The highest BCUT2D eigenvalue weighted by molar-refractivity contribution is 9.10. The molecule has 0 fully saturated rings. The molecule has 0 unspecified atom stereocenters. The molecule has 0 saturated heterocycles. The molecule has 0 radical (unpaired) electrons. The smallest absolute Gasteiger partial charge is 0.255 e. The van der Waals surface area contributed by atoms with E-state index in [0.29, 0.717) is 24.7 Å². The molecule has 0 heterocycles. The minimum Gasteiger partial charge on any atom is -0.497 e. The van der Waals surface area contributed by atoms with E-state index in [-0.39, 0.29) is 6.61 Å². The lowest BCUT2D eigenvalue weighted by molar-refractivity contribution is -0.119. The third kappa shape index (κ3) is 6.77. The first kappa shape index (κ1) is 21.1. The number of hydrogen-bond acceptors (Lipinski definition) is 5. The number of carbonyl (C=O) groups is 1. The van der Waals surface area contributed by atoms with Crippen molar-refractivity contribution in [2.24, 2.45) is 5.73 Å². The maximum absolute atomic E-state index is 11.0. The van der Waals surface area contributed by atoms with E-state index >= 15 is 0 Å². The number of carbonyl (C=O) groups excluding carboxylic acids is 1. The van der Waals surface area contributed by atoms with Crippen molar-refractivity contribution >= 4 is 21.8 Å². The Hall–Kier alpha value is -2.25. The number of rotatable bonds is 11. The van der Waals surface area contributed by atoms with Gasteiger partial charge in [0.2, 0.25) is 0 Å². The Labute approximate surface area is 168 Å². The van der Waals surface area contributed by atoms with Crippen LogP contribution in [0.4, 0.5) is 0 Å². The number of nitrogens with one attached hydrogen (secondary N) is 1. The maximum Gasteiger partial charge on any atom is 0.255 e. The molecule has 2 aromatic carbocycles. The first-order valence-corrected chi connectivity index (χ1v) is 9.52. The zero-order valence-electron chi connectivity index (χ0n) is 15.6. The summed E-state index contributed by atoms with van der Waals surface area (Å²) in [5.74, 6) is 1.39. The van der Waals surface area contributed by atoms with Gasteiger partial charge in [-0.05, 0) is 71.2 Å². The average Bonchev–Trinajstić information content (AvgIpc) is 2.65. The topological polar surface area (TPSA) is 82.8 Å². The molecular formula is C20H25BrN2O4. The predicted octanol–water partition coefficient (Wildman–Crippen LogP) is 3.05. The van der Waals surface area contributed by atoms with Crippen LogP contribution < -0.4 is 25.3 Å². The summed E-state index contributed by atoms with van der Waals surface area (Å²) in [6.45, 7) is 3.72. The molecule has 146 valence electrons. The summed E-state index contributed by atoms with van der Waals surface area (Å²) in [6.07, 6.45) is 0.920. The van der Waals surface area contributed by atoms with Crippen LogP contribution in [0.15, 0.2) is 40.9 Å². The number of methoxy groups -OCH3 is 1. The molecular weight excluding hydrogens is 412 g/mol. The Morgan fingerprint density at radius 1 is 1.15 bits per heavy atom. The van der Waals surface area contributed by atoms with Crippen molar-refractivity contribution in [1.82, 2.24) is 5.32 Å². The molecule has 1 amide bonds. The van der Waals surface area contributed by atoms with Crippen molar-refractivity contribution in [2.75, 3.05) is 26.9 Å². The fourth-order valence-electron chi connectivity index (χ4n) is 2.53. The zero-order chi connectivity index (χ0) is 19.6. The van der Waals surface area contributed by atoms with Gasteiger partial charge in [-0.3, -0.25) is 4.79 Å². The number of halogens is 1. The lowest BCUT2D eigenvalue weighted by Gasteiger charge is -2.15. The number of hydrogen-bond donors (Lipinski definition) is 2. The highest BCUT2D eigenvalue weighted by atomic mass is 79.9. The molecule has 0 aliphatic heterocycles. The van der Waals surface area contributed by atoms with Crippen molar-refractivity contribution in [3.63, 3.8) is 0 Å². The molecule has 0 aliphatic rings. The third-order valence-corrected chi connectivity index (χ3v) is 4.40. The first-order chi connectivity index (χ1) is 13.0. The molecule has 27 heavy (non-hydrogen) atoms. The predicted molar refractivity (Wildman–Crippen MR) is 108 cm³/mol. The van der Waals surface area contributed by atoms with Crippen LogP contribution in [0.1, 0.15) is 18.1 Å². The summed E-state index contributed by atoms with van der Waals surface area (Å²) in [5.41, 5.74) is 7.45. The van der Waals surface area contributed by atoms with Gasteiger partial charge in [-0.15, -0.1) is 0 Å². The molecule has 6 nitrogen and oxygen atoms in total. The molecule has 0 spiro atoms. The normalized spacial score (nSPS) is 10.5. The molecule has 0 atom stereocenters. The number of primary amides is 1. The van der Waals surface area contributed by atoms with Crippen molar-refractivity contribution in [3.8, 4) is 17.2 Å². The van der Waals surface area contributed by atoms with E-state index in [1.54, 1.807) is 7.11 Å². The number of ether oxygens (including phenoxy) is 3. The minimum absolute atomic E-state index is 0.196. The first-order valence-electron chi connectivity index (χ1n) is 8.73. The SMILES string of the molecule is CCOc1cc(CNCCc2ccc(OC)cc2)cc(Br)c1OCC(N)=O. The van der Waals surface area contributed by atoms with E-state index in [9.17, 15) is 4.79 Å². The van der Waals surface area contributed by atoms with E-state index in [4.69, 9.17) is 19.9 Å². The van der Waals surface area contributed by atoms with Gasteiger partial charge in [-0.25, -0.2) is 0 Å². The molecule has 2 aromatic rings. The second kappa shape index (κ2) is 10.8. The zero-order valence-corrected chi connectivity index (χ0v) is 17.2. The summed E-state index contributed by atoms with van der Waals surface area (Å²) < 4.78 is 17.0. The number of amides is 1. The van der Waals surface area contributed by atoms with Crippen LogP contribution in [0, 0.1) is 0 Å². The Balaban J connectivity index is 1.93. The largest absolute Gasteiger partial charge is 0.497 e. The summed E-state index contributed by atoms with van der Waals surface area (Å²) in [5, 5.41) is 3.42. The van der Waals surface area contributed by atoms with Crippen LogP contribution in [0.25, 0.3) is 0 Å². The van der Waals surface area contributed by atoms with Gasteiger partial charge < -0.3 is 25.3 Å². The lowest BCUT2D eigenvalue weighted by Crippen LogP contribution is -2.20. The lowest BCUT2D eigenvalue weighted by atomic mass is 10.1. The third-order valence-electron chi connectivity index (χ3n) is 3.81. The van der Waals surface area contributed by atoms with E-state index in [2.05, 4.69) is 33.4 Å². The quantitative estimate of drug-likeness (QED) is 0.528. The van der Waals surface area contributed by atoms with Gasteiger partial charge in [0.15, 0.2) is 18.1 Å². The van der Waals surface area contributed by atoms with Gasteiger partial charge in [-0.2, -0.15) is 0 Å². The van der Waals surface area contributed by atoms with Crippen molar-refractivity contribution in [1.29, 1.82) is 0 Å². The van der Waals surface area contributed by atoms with Gasteiger partial charge in [0, 0.05) is 6.54 Å². The van der Waals surface area contributed by atoms with Crippen LogP contribution in [0.3, 0.4) is 0 Å². The molecule has 0 saturated carbocycles. The maximum atomic E-state index is 11.0. The van der Waals surface area contributed by atoms with E-state index in [1.165, 1.54) is 5.56 Å². The molecule has 2 rings (SSSR count). The molecule has 3 N–H and O–H groups in total. The standard InChI is InChI=1S/C20H25BrN2O4/c1-3-26-18-11-15(10-17(21)20(18)27-13-19(22)24)12-23-9-8-14-4-6-16(25-2)7-5-14/h4-7,10-11,23H,3,8-9,12-13H2,1-2H3,(H2,22,24). The Kier molecular flexibility index (Phi) is 8.42. The fraction of sp³-hybridized carbons (Fsp3) is 0.350. The Morgan fingerprint density at radius 2 is 1.89 bits per heavy atom. The highest BCUT2D eigenvalue weighted by Crippen LogP contribution is 2.37. The minimum atomic E-state index is -0.534. The molecule has 0 aliphatic carbocycles. The van der Waals surface area contributed by atoms with Gasteiger partial charge in [0.25, 0.3) is 5.91 Å².